The molecule has 3 aromatic carbocycles. The van der Waals surface area contributed by atoms with Gasteiger partial charge in [0.05, 0.1) is 5.69 Å². The summed E-state index contributed by atoms with van der Waals surface area (Å²) < 4.78 is 0. The number of anilines is 1. The minimum atomic E-state index is -0.476. The molecule has 0 radical (unpaired) electrons. The molecule has 0 aliphatic heterocycles. The fourth-order valence-corrected chi connectivity index (χ4v) is 4.22. The van der Waals surface area contributed by atoms with Gasteiger partial charge in [-0.3, -0.25) is 14.9 Å². The summed E-state index contributed by atoms with van der Waals surface area (Å²) in [4.78, 5) is 32.1. The largest absolute Gasteiger partial charge is 0.332 e. The molecule has 0 saturated heterocycles. The van der Waals surface area contributed by atoms with Crippen LogP contribution in [-0.2, 0) is 5.75 Å². The van der Waals surface area contributed by atoms with Crippen LogP contribution in [0.5, 0.6) is 0 Å². The second kappa shape index (κ2) is 11.2. The van der Waals surface area contributed by atoms with Gasteiger partial charge in [-0.1, -0.05) is 72.4 Å². The minimum absolute atomic E-state index is 0.0180. The van der Waals surface area contributed by atoms with E-state index in [0.717, 1.165) is 11.3 Å². The molecule has 1 heterocycles. The highest BCUT2D eigenvalue weighted by molar-refractivity contribution is 7.98. The van der Waals surface area contributed by atoms with Crippen LogP contribution in [-0.4, -0.2) is 21.0 Å². The maximum atomic E-state index is 12.5. The van der Waals surface area contributed by atoms with E-state index in [9.17, 15) is 14.9 Å². The second-order valence-corrected chi connectivity index (χ2v) is 8.70. The molecule has 4 aromatic rings. The number of H-pyrrole nitrogens is 1. The van der Waals surface area contributed by atoms with Crippen molar-refractivity contribution < 1.29 is 4.79 Å². The number of nitrogens with zero attached hydrogens (tertiary/aromatic N) is 2. The van der Waals surface area contributed by atoms with E-state index in [0.29, 0.717) is 27.7 Å². The third-order valence-electron chi connectivity index (χ3n) is 4.91. The second-order valence-electron chi connectivity index (χ2n) is 7.33. The van der Waals surface area contributed by atoms with Crippen LogP contribution in [0.3, 0.4) is 0 Å². The van der Waals surface area contributed by atoms with E-state index in [1.165, 1.54) is 11.8 Å². The monoisotopic (exact) mass is 497 g/mol. The molecule has 0 fully saturated rings. The van der Waals surface area contributed by atoms with Gasteiger partial charge in [-0.2, -0.15) is 5.26 Å². The average Bonchev–Trinajstić information content (AvgIpc) is 2.88. The summed E-state index contributed by atoms with van der Waals surface area (Å²) in [5.74, 6) is 0.196. The Kier molecular flexibility index (Phi) is 7.67. The van der Waals surface area contributed by atoms with Crippen LogP contribution in [0.25, 0.3) is 11.3 Å². The summed E-state index contributed by atoms with van der Waals surface area (Å²) in [6.07, 6.45) is 0. The van der Waals surface area contributed by atoms with E-state index in [4.69, 9.17) is 12.2 Å². The first kappa shape index (κ1) is 23.9. The SMILES string of the molecule is N#Cc1c(-c2ccccc2)nc(SCc2ccc(C(=O)NC(=S)Nc3ccccc3)cc2)[nH]c1=O. The maximum Gasteiger partial charge on any atom is 0.270 e. The number of carbonyl (C=O) groups excluding carboxylic acids is 1. The van der Waals surface area contributed by atoms with Gasteiger partial charge in [0.2, 0.25) is 0 Å². The smallest absolute Gasteiger partial charge is 0.270 e. The zero-order valence-electron chi connectivity index (χ0n) is 18.3. The van der Waals surface area contributed by atoms with Crippen LogP contribution in [0.4, 0.5) is 5.69 Å². The molecule has 0 spiro atoms. The van der Waals surface area contributed by atoms with Gasteiger partial charge in [0, 0.05) is 22.6 Å². The summed E-state index contributed by atoms with van der Waals surface area (Å²) in [6, 6.07) is 27.5. The van der Waals surface area contributed by atoms with Gasteiger partial charge in [-0.25, -0.2) is 4.98 Å². The van der Waals surface area contributed by atoms with Crippen LogP contribution >= 0.6 is 24.0 Å². The quantitative estimate of drug-likeness (QED) is 0.201. The Morgan fingerprint density at radius 3 is 2.31 bits per heavy atom. The summed E-state index contributed by atoms with van der Waals surface area (Å²) in [7, 11) is 0. The molecule has 0 atom stereocenters. The normalized spacial score (nSPS) is 10.3. The summed E-state index contributed by atoms with van der Waals surface area (Å²) in [5, 5.41) is 15.6. The zero-order chi connectivity index (χ0) is 24.6. The summed E-state index contributed by atoms with van der Waals surface area (Å²) in [5.41, 5.74) is 2.75. The van der Waals surface area contributed by atoms with Gasteiger partial charge in [-0.05, 0) is 42.0 Å². The Morgan fingerprint density at radius 1 is 1.00 bits per heavy atom. The number of aromatic amines is 1. The lowest BCUT2D eigenvalue weighted by Crippen LogP contribution is -2.34. The number of amides is 1. The van der Waals surface area contributed by atoms with Crippen LogP contribution in [0.2, 0.25) is 0 Å². The molecule has 172 valence electrons. The van der Waals surface area contributed by atoms with Crippen molar-refractivity contribution in [1.29, 1.82) is 5.26 Å². The van der Waals surface area contributed by atoms with Crippen LogP contribution in [0.1, 0.15) is 21.5 Å². The average molecular weight is 498 g/mol. The summed E-state index contributed by atoms with van der Waals surface area (Å²) >= 11 is 6.54. The molecule has 1 amide bonds. The Balaban J connectivity index is 1.40. The number of carbonyl (C=O) groups is 1. The lowest BCUT2D eigenvalue weighted by molar-refractivity contribution is 0.0977. The number of thiocarbonyl (C=S) groups is 1. The van der Waals surface area contributed by atoms with Crippen molar-refractivity contribution in [3.8, 4) is 17.3 Å². The number of nitrogens with one attached hydrogen (secondary N) is 3. The molecule has 9 heteroatoms. The van der Waals surface area contributed by atoms with Gasteiger partial charge in [0.15, 0.2) is 10.3 Å². The predicted octanol–water partition coefficient (Wildman–Crippen LogP) is 4.73. The third kappa shape index (κ3) is 6.20. The molecule has 1 aromatic heterocycles. The highest BCUT2D eigenvalue weighted by Gasteiger charge is 2.14. The maximum absolute atomic E-state index is 12.5. The minimum Gasteiger partial charge on any atom is -0.332 e. The van der Waals surface area contributed by atoms with Gasteiger partial charge in [0.1, 0.15) is 11.6 Å². The third-order valence-corrected chi connectivity index (χ3v) is 6.06. The van der Waals surface area contributed by atoms with E-state index in [2.05, 4.69) is 20.6 Å². The molecule has 0 aliphatic rings. The van der Waals surface area contributed by atoms with E-state index >= 15 is 0 Å². The first-order valence-electron chi connectivity index (χ1n) is 10.5. The number of rotatable bonds is 6. The van der Waals surface area contributed by atoms with E-state index in [-0.39, 0.29) is 16.6 Å². The highest BCUT2D eigenvalue weighted by Crippen LogP contribution is 2.24. The molecule has 0 bridgehead atoms. The molecule has 7 nitrogen and oxygen atoms in total. The van der Waals surface area contributed by atoms with Crippen molar-refractivity contribution in [2.45, 2.75) is 10.9 Å². The van der Waals surface area contributed by atoms with Crippen LogP contribution in [0, 0.1) is 11.3 Å². The van der Waals surface area contributed by atoms with Gasteiger partial charge < -0.3 is 10.3 Å². The van der Waals surface area contributed by atoms with Crippen molar-refractivity contribution in [3.05, 3.63) is 112 Å². The molecule has 0 aliphatic carbocycles. The van der Waals surface area contributed by atoms with Crippen LogP contribution in [0.15, 0.2) is 94.9 Å². The van der Waals surface area contributed by atoms with E-state index < -0.39 is 5.56 Å². The van der Waals surface area contributed by atoms with Crippen molar-refractivity contribution in [1.82, 2.24) is 15.3 Å². The number of hydrogen-bond acceptors (Lipinski definition) is 6. The number of para-hydroxylation sites is 1. The van der Waals surface area contributed by atoms with Gasteiger partial charge in [-0.15, -0.1) is 0 Å². The standard InChI is InChI=1S/C26H19N5O2S2/c27-15-21-22(18-7-3-1-4-8-18)29-26(31-24(21)33)35-16-17-11-13-19(14-12-17)23(32)30-25(34)28-20-9-5-2-6-10-20/h1-14H,16H2,(H,29,31,33)(H2,28,30,32,34). The fraction of sp³-hybridized carbons (Fsp3) is 0.0385. The molecule has 35 heavy (non-hydrogen) atoms. The van der Waals surface area contributed by atoms with E-state index in [1.54, 1.807) is 12.1 Å². The molecular weight excluding hydrogens is 478 g/mol. The Hall–Kier alpha value is -4.26. The lowest BCUT2D eigenvalue weighted by Gasteiger charge is -2.10. The fourth-order valence-electron chi connectivity index (χ4n) is 3.19. The highest BCUT2D eigenvalue weighted by atomic mass is 32.2. The number of thioether (sulfide) groups is 1. The zero-order valence-corrected chi connectivity index (χ0v) is 20.0. The number of nitriles is 1. The predicted molar refractivity (Wildman–Crippen MR) is 141 cm³/mol. The number of hydrogen-bond donors (Lipinski definition) is 3. The Labute approximate surface area is 211 Å². The lowest BCUT2D eigenvalue weighted by atomic mass is 10.1. The van der Waals surface area contributed by atoms with Crippen LogP contribution < -0.4 is 16.2 Å². The first-order chi connectivity index (χ1) is 17.0. The van der Waals surface area contributed by atoms with Gasteiger partial charge >= 0.3 is 0 Å². The number of benzene rings is 3. The Morgan fingerprint density at radius 2 is 1.66 bits per heavy atom. The Bertz CT molecular complexity index is 1450. The number of aromatic nitrogens is 2. The molecular formula is C26H19N5O2S2. The van der Waals surface area contributed by atoms with Crippen molar-refractivity contribution >= 4 is 40.7 Å². The van der Waals surface area contributed by atoms with Gasteiger partial charge in [0.25, 0.3) is 11.5 Å². The first-order valence-corrected chi connectivity index (χ1v) is 11.9. The van der Waals surface area contributed by atoms with E-state index in [1.807, 2.05) is 78.9 Å². The topological polar surface area (TPSA) is 111 Å². The molecule has 0 unspecified atom stereocenters. The molecule has 0 saturated carbocycles. The van der Waals surface area contributed by atoms with Crippen molar-refractivity contribution in [2.75, 3.05) is 5.32 Å². The van der Waals surface area contributed by atoms with Crippen molar-refractivity contribution in [2.24, 2.45) is 0 Å². The molecule has 3 N–H and O–H groups in total. The van der Waals surface area contributed by atoms with Crippen molar-refractivity contribution in [3.63, 3.8) is 0 Å². The summed E-state index contributed by atoms with van der Waals surface area (Å²) in [6.45, 7) is 0. The molecule has 4 rings (SSSR count).